The predicted octanol–water partition coefficient (Wildman–Crippen LogP) is 3.36. The first-order valence-corrected chi connectivity index (χ1v) is 8.34. The third-order valence-corrected chi connectivity index (χ3v) is 4.41. The molecule has 2 heterocycles. The zero-order valence-corrected chi connectivity index (χ0v) is 14.0. The van der Waals surface area contributed by atoms with E-state index in [-0.39, 0.29) is 18.1 Å². The van der Waals surface area contributed by atoms with Crippen LogP contribution in [0, 0.1) is 12.7 Å². The molecule has 0 spiro atoms. The van der Waals surface area contributed by atoms with Gasteiger partial charge < -0.3 is 9.47 Å². The van der Waals surface area contributed by atoms with E-state index in [4.69, 9.17) is 9.47 Å². The van der Waals surface area contributed by atoms with Gasteiger partial charge in [-0.05, 0) is 30.7 Å². The fourth-order valence-electron chi connectivity index (χ4n) is 2.39. The van der Waals surface area contributed by atoms with Gasteiger partial charge in [0.15, 0.2) is 0 Å². The molecule has 1 aromatic heterocycles. The van der Waals surface area contributed by atoms with Crippen molar-refractivity contribution in [3.8, 4) is 0 Å². The SMILES string of the molecule is C=CC(=O)N(Cc1nc(C2OCCO2)cs1)c1ccc(C)cc1F. The van der Waals surface area contributed by atoms with Crippen LogP contribution in [0.2, 0.25) is 0 Å². The molecule has 5 nitrogen and oxygen atoms in total. The van der Waals surface area contributed by atoms with E-state index in [1.807, 2.05) is 5.38 Å². The zero-order valence-electron chi connectivity index (χ0n) is 13.2. The molecule has 0 saturated carbocycles. The van der Waals surface area contributed by atoms with E-state index in [2.05, 4.69) is 11.6 Å². The molecular weight excluding hydrogens is 331 g/mol. The van der Waals surface area contributed by atoms with Crippen molar-refractivity contribution in [2.24, 2.45) is 0 Å². The Morgan fingerprint density at radius 2 is 2.25 bits per heavy atom. The van der Waals surface area contributed by atoms with Crippen molar-refractivity contribution in [2.45, 2.75) is 19.8 Å². The van der Waals surface area contributed by atoms with Gasteiger partial charge in [-0.15, -0.1) is 11.3 Å². The smallest absolute Gasteiger partial charge is 0.250 e. The first-order chi connectivity index (χ1) is 11.6. The topological polar surface area (TPSA) is 51.7 Å². The third-order valence-electron chi connectivity index (χ3n) is 3.56. The summed E-state index contributed by atoms with van der Waals surface area (Å²) < 4.78 is 25.1. The average molecular weight is 348 g/mol. The van der Waals surface area contributed by atoms with Gasteiger partial charge in [-0.2, -0.15) is 0 Å². The number of nitrogens with zero attached hydrogens (tertiary/aromatic N) is 2. The number of aromatic nitrogens is 1. The fraction of sp³-hybridized carbons (Fsp3) is 0.294. The predicted molar refractivity (Wildman–Crippen MR) is 89.3 cm³/mol. The summed E-state index contributed by atoms with van der Waals surface area (Å²) in [7, 11) is 0. The maximum Gasteiger partial charge on any atom is 0.250 e. The maximum atomic E-state index is 14.3. The summed E-state index contributed by atoms with van der Waals surface area (Å²) in [5, 5.41) is 2.49. The Kier molecular flexibility index (Phi) is 5.03. The first kappa shape index (κ1) is 16.8. The van der Waals surface area contributed by atoms with Crippen molar-refractivity contribution in [3.05, 3.63) is 58.3 Å². The van der Waals surface area contributed by atoms with Crippen molar-refractivity contribution in [1.29, 1.82) is 0 Å². The number of halogens is 1. The lowest BCUT2D eigenvalue weighted by atomic mass is 10.2. The third kappa shape index (κ3) is 3.53. The molecule has 1 aliphatic rings. The second kappa shape index (κ2) is 7.21. The summed E-state index contributed by atoms with van der Waals surface area (Å²) in [6.45, 7) is 6.51. The summed E-state index contributed by atoms with van der Waals surface area (Å²) in [6, 6.07) is 4.74. The van der Waals surface area contributed by atoms with Gasteiger partial charge in [0.05, 0.1) is 25.4 Å². The number of carbonyl (C=O) groups excluding carboxylic acids is 1. The molecule has 1 fully saturated rings. The summed E-state index contributed by atoms with van der Waals surface area (Å²) >= 11 is 1.37. The van der Waals surface area contributed by atoms with Crippen molar-refractivity contribution in [2.75, 3.05) is 18.1 Å². The van der Waals surface area contributed by atoms with E-state index in [0.29, 0.717) is 23.9 Å². The monoisotopic (exact) mass is 348 g/mol. The number of ether oxygens (including phenoxy) is 2. The van der Waals surface area contributed by atoms with Gasteiger partial charge in [0.1, 0.15) is 16.5 Å². The molecule has 0 N–H and O–H groups in total. The summed E-state index contributed by atoms with van der Waals surface area (Å²) in [6.07, 6.45) is 0.700. The number of rotatable bonds is 5. The van der Waals surface area contributed by atoms with Gasteiger partial charge in [0.25, 0.3) is 5.91 Å². The van der Waals surface area contributed by atoms with Crippen LogP contribution in [0.4, 0.5) is 10.1 Å². The lowest BCUT2D eigenvalue weighted by molar-refractivity contribution is -0.114. The molecule has 1 amide bonds. The molecule has 1 aliphatic heterocycles. The van der Waals surface area contributed by atoms with E-state index < -0.39 is 12.1 Å². The van der Waals surface area contributed by atoms with Crippen LogP contribution in [-0.2, 0) is 20.8 Å². The highest BCUT2D eigenvalue weighted by Gasteiger charge is 2.23. The molecule has 24 heavy (non-hydrogen) atoms. The summed E-state index contributed by atoms with van der Waals surface area (Å²) in [5.41, 5.74) is 1.66. The number of aryl methyl sites for hydroxylation is 1. The molecule has 0 unspecified atom stereocenters. The number of benzene rings is 1. The van der Waals surface area contributed by atoms with Crippen LogP contribution in [0.15, 0.2) is 36.2 Å². The number of hydrogen-bond acceptors (Lipinski definition) is 5. The van der Waals surface area contributed by atoms with Crippen molar-refractivity contribution >= 4 is 22.9 Å². The lowest BCUT2D eigenvalue weighted by Crippen LogP contribution is -2.29. The van der Waals surface area contributed by atoms with Crippen LogP contribution in [0.3, 0.4) is 0 Å². The Morgan fingerprint density at radius 1 is 1.50 bits per heavy atom. The normalized spacial score (nSPS) is 14.8. The van der Waals surface area contributed by atoms with Crippen LogP contribution in [0.5, 0.6) is 0 Å². The van der Waals surface area contributed by atoms with Gasteiger partial charge in [0.2, 0.25) is 6.29 Å². The van der Waals surface area contributed by atoms with Gasteiger partial charge in [-0.25, -0.2) is 9.37 Å². The molecular formula is C17H17FN2O3S. The molecule has 0 aliphatic carbocycles. The van der Waals surface area contributed by atoms with Crippen LogP contribution in [-0.4, -0.2) is 24.1 Å². The standard InChI is InChI=1S/C17H17FN2O3S/c1-3-16(21)20(14-5-4-11(2)8-12(14)18)9-15-19-13(10-24-15)17-22-6-7-23-17/h3-5,8,10,17H,1,6-7,9H2,2H3. The summed E-state index contributed by atoms with van der Waals surface area (Å²) in [5.74, 6) is -0.840. The van der Waals surface area contributed by atoms with Gasteiger partial charge in [0, 0.05) is 5.38 Å². The lowest BCUT2D eigenvalue weighted by Gasteiger charge is -2.21. The van der Waals surface area contributed by atoms with E-state index in [1.54, 1.807) is 19.1 Å². The van der Waals surface area contributed by atoms with E-state index in [1.165, 1.54) is 22.3 Å². The highest BCUT2D eigenvalue weighted by Crippen LogP contribution is 2.27. The molecule has 0 radical (unpaired) electrons. The van der Waals surface area contributed by atoms with Crippen molar-refractivity contribution in [3.63, 3.8) is 0 Å². The molecule has 3 rings (SSSR count). The van der Waals surface area contributed by atoms with Crippen LogP contribution in [0.1, 0.15) is 22.6 Å². The van der Waals surface area contributed by atoms with Crippen molar-refractivity contribution < 1.29 is 18.7 Å². The Morgan fingerprint density at radius 3 is 2.92 bits per heavy atom. The Balaban J connectivity index is 1.84. The quantitative estimate of drug-likeness (QED) is 0.778. The second-order valence-corrected chi connectivity index (χ2v) is 6.27. The summed E-state index contributed by atoms with van der Waals surface area (Å²) in [4.78, 5) is 17.9. The Bertz CT molecular complexity index is 756. The highest BCUT2D eigenvalue weighted by atomic mass is 32.1. The number of thiazole rings is 1. The minimum absolute atomic E-state index is 0.155. The van der Waals surface area contributed by atoms with Crippen LogP contribution < -0.4 is 4.90 Å². The number of amides is 1. The van der Waals surface area contributed by atoms with Gasteiger partial charge >= 0.3 is 0 Å². The van der Waals surface area contributed by atoms with E-state index >= 15 is 0 Å². The maximum absolute atomic E-state index is 14.3. The zero-order chi connectivity index (χ0) is 17.1. The largest absolute Gasteiger partial charge is 0.345 e. The molecule has 0 bridgehead atoms. The molecule has 2 aromatic rings. The van der Waals surface area contributed by atoms with Crippen LogP contribution in [0.25, 0.3) is 0 Å². The van der Waals surface area contributed by atoms with Crippen molar-refractivity contribution in [1.82, 2.24) is 4.98 Å². The molecule has 1 aromatic carbocycles. The fourth-order valence-corrected chi connectivity index (χ4v) is 3.18. The number of hydrogen-bond donors (Lipinski definition) is 0. The molecule has 0 atom stereocenters. The average Bonchev–Trinajstić information content (AvgIpc) is 3.23. The van der Waals surface area contributed by atoms with E-state index in [9.17, 15) is 9.18 Å². The number of carbonyl (C=O) groups is 1. The number of anilines is 1. The molecule has 1 saturated heterocycles. The molecule has 7 heteroatoms. The van der Waals surface area contributed by atoms with E-state index in [0.717, 1.165) is 11.6 Å². The van der Waals surface area contributed by atoms with Gasteiger partial charge in [-0.1, -0.05) is 12.6 Å². The second-order valence-electron chi connectivity index (χ2n) is 5.32. The minimum atomic E-state index is -0.463. The van der Waals surface area contributed by atoms with Gasteiger partial charge in [-0.3, -0.25) is 9.69 Å². The Hall–Kier alpha value is -2.09. The minimum Gasteiger partial charge on any atom is -0.345 e. The first-order valence-electron chi connectivity index (χ1n) is 7.46. The Labute approximate surface area is 143 Å². The molecule has 126 valence electrons. The van der Waals surface area contributed by atoms with Crippen LogP contribution >= 0.6 is 11.3 Å². The highest BCUT2D eigenvalue weighted by molar-refractivity contribution is 7.09.